The summed E-state index contributed by atoms with van der Waals surface area (Å²) in [4.78, 5) is 20.7. The first-order chi connectivity index (χ1) is 12.6. The van der Waals surface area contributed by atoms with E-state index in [1.165, 1.54) is 6.33 Å². The van der Waals surface area contributed by atoms with Crippen molar-refractivity contribution < 1.29 is 13.9 Å². The molecule has 0 saturated carbocycles. The van der Waals surface area contributed by atoms with Crippen LogP contribution in [-0.2, 0) is 6.54 Å². The zero-order chi connectivity index (χ0) is 18.4. The van der Waals surface area contributed by atoms with Gasteiger partial charge >= 0.3 is 0 Å². The van der Waals surface area contributed by atoms with Crippen molar-refractivity contribution in [1.29, 1.82) is 0 Å². The van der Waals surface area contributed by atoms with Gasteiger partial charge in [-0.25, -0.2) is 9.97 Å². The molecule has 0 bridgehead atoms. The Morgan fingerprint density at radius 2 is 2.04 bits per heavy atom. The third kappa shape index (κ3) is 4.60. The highest BCUT2D eigenvalue weighted by Gasteiger charge is 2.13. The number of anilines is 2. The van der Waals surface area contributed by atoms with Gasteiger partial charge in [-0.1, -0.05) is 12.1 Å². The number of rotatable bonds is 7. The lowest BCUT2D eigenvalue weighted by molar-refractivity contribution is 0.102. The summed E-state index contributed by atoms with van der Waals surface area (Å²) in [5, 5.41) is 5.92. The second-order valence-corrected chi connectivity index (χ2v) is 5.84. The minimum atomic E-state index is -0.340. The molecule has 1 amide bonds. The Morgan fingerprint density at radius 3 is 2.81 bits per heavy atom. The minimum absolute atomic E-state index is 0.00417. The molecular formula is C19H20N4O3. The molecule has 0 radical (unpaired) electrons. The molecule has 2 heterocycles. The summed E-state index contributed by atoms with van der Waals surface area (Å²) >= 11 is 0. The van der Waals surface area contributed by atoms with E-state index in [2.05, 4.69) is 20.6 Å². The SMILES string of the molecule is CC(C)Oc1ccccc1NC(=O)c1cc(NCc2ccco2)ncn1. The predicted octanol–water partition coefficient (Wildman–Crippen LogP) is 3.72. The van der Waals surface area contributed by atoms with Crippen LogP contribution in [0.2, 0.25) is 0 Å². The molecule has 0 aliphatic rings. The maximum absolute atomic E-state index is 12.5. The Kier molecular flexibility index (Phi) is 5.48. The molecule has 0 aliphatic heterocycles. The summed E-state index contributed by atoms with van der Waals surface area (Å²) in [5.41, 5.74) is 0.844. The number of ether oxygens (including phenoxy) is 1. The van der Waals surface area contributed by atoms with Gasteiger partial charge in [-0.2, -0.15) is 0 Å². The van der Waals surface area contributed by atoms with E-state index in [1.807, 2.05) is 44.2 Å². The van der Waals surface area contributed by atoms with Crippen LogP contribution in [0.3, 0.4) is 0 Å². The molecular weight excluding hydrogens is 332 g/mol. The number of nitrogens with zero attached hydrogens (tertiary/aromatic N) is 2. The predicted molar refractivity (Wildman–Crippen MR) is 98.2 cm³/mol. The quantitative estimate of drug-likeness (QED) is 0.674. The number of hydrogen-bond donors (Lipinski definition) is 2. The Morgan fingerprint density at radius 1 is 1.19 bits per heavy atom. The minimum Gasteiger partial charge on any atom is -0.489 e. The molecule has 0 spiro atoms. The lowest BCUT2D eigenvalue weighted by Gasteiger charge is -2.14. The standard InChI is InChI=1S/C19H20N4O3/c1-13(2)26-17-8-4-3-7-15(17)23-19(24)16-10-18(22-12-21-16)20-11-14-6-5-9-25-14/h3-10,12-13H,11H2,1-2H3,(H,23,24)(H,20,21,22). The summed E-state index contributed by atoms with van der Waals surface area (Å²) in [6, 6.07) is 12.5. The molecule has 3 aromatic rings. The zero-order valence-corrected chi connectivity index (χ0v) is 14.6. The van der Waals surface area contributed by atoms with Gasteiger partial charge in [0.2, 0.25) is 0 Å². The molecule has 7 nitrogen and oxygen atoms in total. The van der Waals surface area contributed by atoms with Crippen LogP contribution in [0.5, 0.6) is 5.75 Å². The Bertz CT molecular complexity index is 863. The Balaban J connectivity index is 1.69. The van der Waals surface area contributed by atoms with Crippen LogP contribution < -0.4 is 15.4 Å². The van der Waals surface area contributed by atoms with Crippen molar-refractivity contribution in [2.75, 3.05) is 10.6 Å². The second kappa shape index (κ2) is 8.15. The van der Waals surface area contributed by atoms with E-state index in [0.717, 1.165) is 5.76 Å². The van der Waals surface area contributed by atoms with Gasteiger partial charge in [-0.15, -0.1) is 0 Å². The highest BCUT2D eigenvalue weighted by atomic mass is 16.5. The van der Waals surface area contributed by atoms with E-state index in [-0.39, 0.29) is 17.7 Å². The van der Waals surface area contributed by atoms with E-state index in [0.29, 0.717) is 23.8 Å². The van der Waals surface area contributed by atoms with Crippen LogP contribution in [0.1, 0.15) is 30.1 Å². The number of furan rings is 1. The summed E-state index contributed by atoms with van der Waals surface area (Å²) in [6.07, 6.45) is 2.95. The smallest absolute Gasteiger partial charge is 0.274 e. The maximum atomic E-state index is 12.5. The first kappa shape index (κ1) is 17.5. The number of carbonyl (C=O) groups excluding carboxylic acids is 1. The number of aromatic nitrogens is 2. The highest BCUT2D eigenvalue weighted by molar-refractivity contribution is 6.04. The van der Waals surface area contributed by atoms with E-state index in [1.54, 1.807) is 18.4 Å². The van der Waals surface area contributed by atoms with Gasteiger partial charge in [0.15, 0.2) is 0 Å². The van der Waals surface area contributed by atoms with Crippen molar-refractivity contribution in [3.63, 3.8) is 0 Å². The molecule has 2 N–H and O–H groups in total. The van der Waals surface area contributed by atoms with Crippen molar-refractivity contribution in [3.8, 4) is 5.75 Å². The third-order valence-corrected chi connectivity index (χ3v) is 3.42. The number of hydrogen-bond acceptors (Lipinski definition) is 6. The first-order valence-corrected chi connectivity index (χ1v) is 8.27. The van der Waals surface area contributed by atoms with E-state index in [9.17, 15) is 4.79 Å². The van der Waals surface area contributed by atoms with Gasteiger partial charge in [-0.3, -0.25) is 4.79 Å². The molecule has 2 aromatic heterocycles. The number of benzene rings is 1. The third-order valence-electron chi connectivity index (χ3n) is 3.42. The largest absolute Gasteiger partial charge is 0.489 e. The first-order valence-electron chi connectivity index (χ1n) is 8.27. The molecule has 26 heavy (non-hydrogen) atoms. The molecule has 0 aliphatic carbocycles. The molecule has 7 heteroatoms. The maximum Gasteiger partial charge on any atom is 0.274 e. The van der Waals surface area contributed by atoms with Crippen molar-refractivity contribution in [2.24, 2.45) is 0 Å². The highest BCUT2D eigenvalue weighted by Crippen LogP contribution is 2.25. The fourth-order valence-corrected chi connectivity index (χ4v) is 2.28. The van der Waals surface area contributed by atoms with Crippen LogP contribution in [0.25, 0.3) is 0 Å². The molecule has 0 saturated heterocycles. The van der Waals surface area contributed by atoms with Gasteiger partial charge in [0, 0.05) is 6.07 Å². The lowest BCUT2D eigenvalue weighted by Crippen LogP contribution is -2.16. The van der Waals surface area contributed by atoms with Crippen molar-refractivity contribution >= 4 is 17.4 Å². The molecule has 0 unspecified atom stereocenters. The Labute approximate surface area is 151 Å². The Hall–Kier alpha value is -3.35. The van der Waals surface area contributed by atoms with Crippen LogP contribution >= 0.6 is 0 Å². The molecule has 0 atom stereocenters. The number of carbonyl (C=O) groups is 1. The van der Waals surface area contributed by atoms with Gasteiger partial charge in [-0.05, 0) is 38.1 Å². The van der Waals surface area contributed by atoms with E-state index < -0.39 is 0 Å². The topological polar surface area (TPSA) is 89.3 Å². The van der Waals surface area contributed by atoms with Crippen molar-refractivity contribution in [1.82, 2.24) is 9.97 Å². The summed E-state index contributed by atoms with van der Waals surface area (Å²) in [7, 11) is 0. The average Bonchev–Trinajstić information content (AvgIpc) is 3.15. The van der Waals surface area contributed by atoms with Gasteiger partial charge < -0.3 is 19.8 Å². The van der Waals surface area contributed by atoms with Gasteiger partial charge in [0.1, 0.15) is 29.3 Å². The fraction of sp³-hybridized carbons (Fsp3) is 0.211. The number of amides is 1. The van der Waals surface area contributed by atoms with Crippen LogP contribution in [0.4, 0.5) is 11.5 Å². The second-order valence-electron chi connectivity index (χ2n) is 5.84. The number of para-hydroxylation sites is 2. The molecule has 3 rings (SSSR count). The van der Waals surface area contributed by atoms with Gasteiger partial charge in [0.25, 0.3) is 5.91 Å². The van der Waals surface area contributed by atoms with Crippen LogP contribution in [0.15, 0.2) is 59.5 Å². The van der Waals surface area contributed by atoms with Crippen LogP contribution in [-0.4, -0.2) is 22.0 Å². The number of nitrogens with one attached hydrogen (secondary N) is 2. The van der Waals surface area contributed by atoms with E-state index >= 15 is 0 Å². The lowest BCUT2D eigenvalue weighted by atomic mass is 10.2. The van der Waals surface area contributed by atoms with Gasteiger partial charge in [0.05, 0.1) is 24.6 Å². The summed E-state index contributed by atoms with van der Waals surface area (Å²) in [6.45, 7) is 4.33. The fourth-order valence-electron chi connectivity index (χ4n) is 2.28. The monoisotopic (exact) mass is 352 g/mol. The molecule has 1 aromatic carbocycles. The average molecular weight is 352 g/mol. The van der Waals surface area contributed by atoms with E-state index in [4.69, 9.17) is 9.15 Å². The molecule has 134 valence electrons. The zero-order valence-electron chi connectivity index (χ0n) is 14.6. The van der Waals surface area contributed by atoms with Crippen molar-refractivity contribution in [2.45, 2.75) is 26.5 Å². The summed E-state index contributed by atoms with van der Waals surface area (Å²) in [5.74, 6) is 1.58. The normalized spacial score (nSPS) is 10.6. The van der Waals surface area contributed by atoms with Crippen molar-refractivity contribution in [3.05, 3.63) is 66.5 Å². The van der Waals surface area contributed by atoms with Crippen LogP contribution in [0, 0.1) is 0 Å². The molecule has 0 fully saturated rings. The summed E-state index contributed by atoms with van der Waals surface area (Å²) < 4.78 is 11.0.